The van der Waals surface area contributed by atoms with Crippen LogP contribution in [0.3, 0.4) is 0 Å². The van der Waals surface area contributed by atoms with E-state index in [9.17, 15) is 13.9 Å². The molecule has 1 aromatic heterocycles. The lowest BCUT2D eigenvalue weighted by atomic mass is 9.96. The summed E-state index contributed by atoms with van der Waals surface area (Å²) in [5.41, 5.74) is 1.47. The molecule has 1 N–H and O–H groups in total. The molecular weight excluding hydrogens is 310 g/mol. The highest BCUT2D eigenvalue weighted by Crippen LogP contribution is 2.44. The van der Waals surface area contributed by atoms with Gasteiger partial charge in [-0.15, -0.1) is 23.1 Å². The number of hydrogen-bond donors (Lipinski definition) is 1. The highest BCUT2D eigenvalue weighted by Gasteiger charge is 2.26. The van der Waals surface area contributed by atoms with Gasteiger partial charge in [-0.3, -0.25) is 0 Å². The SMILES string of the molecule is OC1c2ccc(F)c(F)c2CSc2c1ccc1sccc21. The molecule has 0 spiro atoms. The molecule has 5 heteroatoms. The Balaban J connectivity index is 1.98. The molecule has 3 aromatic rings. The number of fused-ring (bicyclic) bond motifs is 4. The lowest BCUT2D eigenvalue weighted by molar-refractivity contribution is 0.216. The third-order valence-corrected chi connectivity index (χ3v) is 5.86. The normalized spacial score (nSPS) is 17.4. The van der Waals surface area contributed by atoms with Crippen LogP contribution >= 0.6 is 23.1 Å². The fraction of sp³-hybridized carbons (Fsp3) is 0.125. The van der Waals surface area contributed by atoms with Crippen molar-refractivity contribution in [3.8, 4) is 0 Å². The lowest BCUT2D eigenvalue weighted by Gasteiger charge is -2.14. The molecule has 2 heterocycles. The topological polar surface area (TPSA) is 20.2 Å². The molecule has 106 valence electrons. The van der Waals surface area contributed by atoms with E-state index in [0.717, 1.165) is 26.6 Å². The van der Waals surface area contributed by atoms with Crippen molar-refractivity contribution in [2.75, 3.05) is 0 Å². The maximum atomic E-state index is 14.0. The Kier molecular flexibility index (Phi) is 3.03. The van der Waals surface area contributed by atoms with Crippen molar-refractivity contribution in [1.82, 2.24) is 0 Å². The molecule has 0 saturated carbocycles. The first-order valence-corrected chi connectivity index (χ1v) is 8.31. The highest BCUT2D eigenvalue weighted by molar-refractivity contribution is 7.98. The monoisotopic (exact) mass is 320 g/mol. The Labute approximate surface area is 128 Å². The number of aliphatic hydroxyl groups is 1. The second kappa shape index (κ2) is 4.80. The molecule has 1 aliphatic heterocycles. The van der Waals surface area contributed by atoms with Gasteiger partial charge in [-0.05, 0) is 34.7 Å². The Bertz CT molecular complexity index is 857. The van der Waals surface area contributed by atoms with Crippen LogP contribution in [-0.4, -0.2) is 5.11 Å². The molecule has 0 radical (unpaired) electrons. The van der Waals surface area contributed by atoms with Crippen LogP contribution in [0.25, 0.3) is 10.1 Å². The summed E-state index contributed by atoms with van der Waals surface area (Å²) in [6, 6.07) is 8.41. The average Bonchev–Trinajstić information content (AvgIpc) is 2.91. The van der Waals surface area contributed by atoms with E-state index in [2.05, 4.69) is 0 Å². The smallest absolute Gasteiger partial charge is 0.163 e. The van der Waals surface area contributed by atoms with Crippen LogP contribution in [0.4, 0.5) is 8.78 Å². The van der Waals surface area contributed by atoms with Gasteiger partial charge >= 0.3 is 0 Å². The lowest BCUT2D eigenvalue weighted by Crippen LogP contribution is -2.05. The van der Waals surface area contributed by atoms with E-state index in [0.29, 0.717) is 11.3 Å². The van der Waals surface area contributed by atoms with Crippen LogP contribution in [0.2, 0.25) is 0 Å². The molecule has 21 heavy (non-hydrogen) atoms. The summed E-state index contributed by atoms with van der Waals surface area (Å²) in [4.78, 5) is 0.956. The molecule has 1 nitrogen and oxygen atoms in total. The van der Waals surface area contributed by atoms with Gasteiger partial charge in [0.15, 0.2) is 11.6 Å². The van der Waals surface area contributed by atoms with Gasteiger partial charge in [0.05, 0.1) is 0 Å². The van der Waals surface area contributed by atoms with Gasteiger partial charge in [0.1, 0.15) is 6.10 Å². The van der Waals surface area contributed by atoms with E-state index < -0.39 is 17.7 Å². The zero-order chi connectivity index (χ0) is 14.6. The van der Waals surface area contributed by atoms with Crippen molar-refractivity contribution in [1.29, 1.82) is 0 Å². The summed E-state index contributed by atoms with van der Waals surface area (Å²) in [5.74, 6) is -1.40. The minimum atomic E-state index is -0.926. The van der Waals surface area contributed by atoms with Crippen LogP contribution in [0.5, 0.6) is 0 Å². The molecule has 0 aliphatic carbocycles. The van der Waals surface area contributed by atoms with Crippen LogP contribution in [-0.2, 0) is 5.75 Å². The fourth-order valence-corrected chi connectivity index (χ4v) is 4.85. The molecular formula is C16H10F2OS2. The Morgan fingerprint density at radius 3 is 2.71 bits per heavy atom. The zero-order valence-corrected chi connectivity index (χ0v) is 12.4. The van der Waals surface area contributed by atoms with Gasteiger partial charge in [0, 0.05) is 26.3 Å². The molecule has 0 amide bonds. The first-order valence-electron chi connectivity index (χ1n) is 6.44. The Hall–Kier alpha value is -1.43. The van der Waals surface area contributed by atoms with Crippen molar-refractivity contribution in [2.24, 2.45) is 0 Å². The predicted octanol–water partition coefficient (Wildman–Crippen LogP) is 4.87. The van der Waals surface area contributed by atoms with E-state index in [4.69, 9.17) is 0 Å². The molecule has 1 unspecified atom stereocenters. The third kappa shape index (κ3) is 1.92. The summed E-state index contributed by atoms with van der Waals surface area (Å²) < 4.78 is 28.6. The number of thiophene rings is 1. The second-order valence-electron chi connectivity index (χ2n) is 4.94. The van der Waals surface area contributed by atoms with Gasteiger partial charge < -0.3 is 5.11 Å². The molecule has 0 bridgehead atoms. The van der Waals surface area contributed by atoms with Gasteiger partial charge in [0.2, 0.25) is 0 Å². The minimum absolute atomic E-state index is 0.257. The Morgan fingerprint density at radius 2 is 1.86 bits per heavy atom. The first-order chi connectivity index (χ1) is 10.2. The number of rotatable bonds is 0. The molecule has 0 saturated heterocycles. The molecule has 4 rings (SSSR count). The highest BCUT2D eigenvalue weighted by atomic mass is 32.2. The summed E-state index contributed by atoms with van der Waals surface area (Å²) >= 11 is 3.08. The van der Waals surface area contributed by atoms with Crippen molar-refractivity contribution < 1.29 is 13.9 Å². The average molecular weight is 320 g/mol. The van der Waals surface area contributed by atoms with E-state index in [1.54, 1.807) is 11.3 Å². The summed E-state index contributed by atoms with van der Waals surface area (Å²) in [5, 5.41) is 13.7. The Morgan fingerprint density at radius 1 is 1.05 bits per heavy atom. The van der Waals surface area contributed by atoms with Crippen molar-refractivity contribution >= 4 is 33.2 Å². The maximum absolute atomic E-state index is 14.0. The quantitative estimate of drug-likeness (QED) is 0.638. The predicted molar refractivity (Wildman–Crippen MR) is 81.8 cm³/mol. The standard InChI is InChI=1S/C16H10F2OS2/c17-12-3-1-8-11(14(12)18)7-21-16-9-5-6-20-13(9)4-2-10(16)15(8)19/h1-6,15,19H,7H2. The second-order valence-corrected chi connectivity index (χ2v) is 6.87. The van der Waals surface area contributed by atoms with Crippen molar-refractivity contribution in [2.45, 2.75) is 16.8 Å². The molecule has 1 aliphatic rings. The summed E-state index contributed by atoms with van der Waals surface area (Å²) in [6.45, 7) is 0. The van der Waals surface area contributed by atoms with Gasteiger partial charge in [-0.1, -0.05) is 12.1 Å². The molecule has 1 atom stereocenters. The number of benzene rings is 2. The van der Waals surface area contributed by atoms with Crippen LogP contribution in [0.1, 0.15) is 22.8 Å². The molecule has 0 fully saturated rings. The van der Waals surface area contributed by atoms with Gasteiger partial charge in [-0.25, -0.2) is 8.78 Å². The van der Waals surface area contributed by atoms with E-state index in [1.165, 1.54) is 17.8 Å². The van der Waals surface area contributed by atoms with Crippen LogP contribution in [0, 0.1) is 11.6 Å². The van der Waals surface area contributed by atoms with Crippen LogP contribution in [0.15, 0.2) is 40.6 Å². The van der Waals surface area contributed by atoms with Crippen LogP contribution < -0.4 is 0 Å². The van der Waals surface area contributed by atoms with E-state index in [-0.39, 0.29) is 5.56 Å². The summed E-state index contributed by atoms with van der Waals surface area (Å²) in [6.07, 6.45) is -0.926. The van der Waals surface area contributed by atoms with Gasteiger partial charge in [-0.2, -0.15) is 0 Å². The van der Waals surface area contributed by atoms with Crippen molar-refractivity contribution in [3.63, 3.8) is 0 Å². The maximum Gasteiger partial charge on any atom is 0.163 e. The van der Waals surface area contributed by atoms with Crippen molar-refractivity contribution in [3.05, 3.63) is 64.0 Å². The van der Waals surface area contributed by atoms with E-state index >= 15 is 0 Å². The molecule has 2 aromatic carbocycles. The van der Waals surface area contributed by atoms with E-state index in [1.807, 2.05) is 23.6 Å². The third-order valence-electron chi connectivity index (χ3n) is 3.80. The number of halogens is 2. The number of hydrogen-bond acceptors (Lipinski definition) is 3. The number of thioether (sulfide) groups is 1. The number of aliphatic hydroxyl groups excluding tert-OH is 1. The largest absolute Gasteiger partial charge is 0.384 e. The van der Waals surface area contributed by atoms with Gasteiger partial charge in [0.25, 0.3) is 0 Å². The first kappa shape index (κ1) is 13.2. The minimum Gasteiger partial charge on any atom is -0.384 e. The zero-order valence-electron chi connectivity index (χ0n) is 10.8. The summed E-state index contributed by atoms with van der Waals surface area (Å²) in [7, 11) is 0. The fourth-order valence-electron chi connectivity index (χ4n) is 2.73.